The summed E-state index contributed by atoms with van der Waals surface area (Å²) in [6.07, 6.45) is -0.0806. The Bertz CT molecular complexity index is 674. The summed E-state index contributed by atoms with van der Waals surface area (Å²) in [5.74, 6) is -0.0953. The van der Waals surface area contributed by atoms with E-state index in [2.05, 4.69) is 13.0 Å². The van der Waals surface area contributed by atoms with Crippen LogP contribution in [0.3, 0.4) is 0 Å². The molecule has 0 saturated carbocycles. The lowest BCUT2D eigenvalue weighted by Gasteiger charge is -2.35. The maximum absolute atomic E-state index is 12.9. The maximum Gasteiger partial charge on any atom is 0.317 e. The Hall–Kier alpha value is -2.12. The van der Waals surface area contributed by atoms with Crippen LogP contribution in [0.15, 0.2) is 12.1 Å². The van der Waals surface area contributed by atoms with Crippen LogP contribution in [0.1, 0.15) is 16.7 Å². The Morgan fingerprint density at radius 1 is 1.31 bits per heavy atom. The number of nitrogens with zero attached hydrogens (tertiary/aromatic N) is 2. The fraction of sp³-hybridized carbons (Fsp3) is 0.579. The summed E-state index contributed by atoms with van der Waals surface area (Å²) in [7, 11) is 1.74. The fourth-order valence-corrected chi connectivity index (χ4v) is 3.53. The first-order valence-electron chi connectivity index (χ1n) is 8.91. The summed E-state index contributed by atoms with van der Waals surface area (Å²) in [5.41, 5.74) is 3.44. The van der Waals surface area contributed by atoms with E-state index in [1.807, 2.05) is 13.0 Å². The average Bonchev–Trinajstić information content (AvgIpc) is 2.96. The Balaban J connectivity index is 1.59. The number of amides is 1. The first-order chi connectivity index (χ1) is 12.3. The summed E-state index contributed by atoms with van der Waals surface area (Å²) in [5, 5.41) is 8.86. The number of aryl methyl sites for hydroxylation is 2. The minimum Gasteiger partial charge on any atom is -0.480 e. The van der Waals surface area contributed by atoms with Gasteiger partial charge >= 0.3 is 5.97 Å². The number of carbonyl (C=O) groups excluding carboxylic acids is 1. The number of fused-ring (bicyclic) bond motifs is 1. The van der Waals surface area contributed by atoms with Gasteiger partial charge < -0.3 is 19.5 Å². The highest BCUT2D eigenvalue weighted by Crippen LogP contribution is 2.32. The van der Waals surface area contributed by atoms with Crippen molar-refractivity contribution in [1.82, 2.24) is 9.80 Å². The third-order valence-electron chi connectivity index (χ3n) is 5.00. The van der Waals surface area contributed by atoms with Crippen LogP contribution in [-0.2, 0) is 20.7 Å². The van der Waals surface area contributed by atoms with Gasteiger partial charge in [0, 0.05) is 26.1 Å². The lowest BCUT2D eigenvalue weighted by Crippen LogP contribution is -2.52. The van der Waals surface area contributed by atoms with Crippen LogP contribution in [0.2, 0.25) is 0 Å². The third-order valence-corrected chi connectivity index (χ3v) is 5.00. The third kappa shape index (κ3) is 4.16. The van der Waals surface area contributed by atoms with Crippen molar-refractivity contribution < 1.29 is 24.2 Å². The van der Waals surface area contributed by atoms with Gasteiger partial charge in [0.05, 0.1) is 19.3 Å². The van der Waals surface area contributed by atoms with Crippen molar-refractivity contribution in [3.63, 3.8) is 0 Å². The number of hydrogen-bond acceptors (Lipinski definition) is 5. The highest BCUT2D eigenvalue weighted by atomic mass is 16.5. The Morgan fingerprint density at radius 2 is 2.04 bits per heavy atom. The van der Waals surface area contributed by atoms with Crippen molar-refractivity contribution in [2.75, 3.05) is 39.8 Å². The molecule has 0 bridgehead atoms. The normalized spacial score (nSPS) is 22.2. The molecule has 2 aliphatic rings. The van der Waals surface area contributed by atoms with Gasteiger partial charge in [-0.3, -0.25) is 14.5 Å². The van der Waals surface area contributed by atoms with Crippen molar-refractivity contribution in [1.29, 1.82) is 0 Å². The lowest BCUT2D eigenvalue weighted by molar-refractivity contribution is -0.147. The Labute approximate surface area is 153 Å². The van der Waals surface area contributed by atoms with Gasteiger partial charge in [-0.15, -0.1) is 0 Å². The van der Waals surface area contributed by atoms with E-state index in [9.17, 15) is 9.59 Å². The SMILES string of the molecule is Cc1cc2c(cc1C)OC(C(=O)N1CCOC(CN(C)CC(=O)O)C1)C2. The van der Waals surface area contributed by atoms with Gasteiger partial charge in [-0.05, 0) is 43.7 Å². The number of morpholine rings is 1. The van der Waals surface area contributed by atoms with Crippen LogP contribution in [0.25, 0.3) is 0 Å². The highest BCUT2D eigenvalue weighted by Gasteiger charge is 2.35. The van der Waals surface area contributed by atoms with Crippen LogP contribution in [0.4, 0.5) is 0 Å². The van der Waals surface area contributed by atoms with E-state index in [4.69, 9.17) is 14.6 Å². The van der Waals surface area contributed by atoms with E-state index in [0.29, 0.717) is 32.7 Å². The molecule has 26 heavy (non-hydrogen) atoms. The molecule has 7 heteroatoms. The summed E-state index contributed by atoms with van der Waals surface area (Å²) in [6.45, 7) is 5.96. The summed E-state index contributed by atoms with van der Waals surface area (Å²) in [6, 6.07) is 4.10. The second kappa shape index (κ2) is 7.63. The number of rotatable bonds is 5. The molecule has 1 aromatic rings. The second-order valence-corrected chi connectivity index (χ2v) is 7.22. The Kier molecular flexibility index (Phi) is 5.48. The maximum atomic E-state index is 12.9. The topological polar surface area (TPSA) is 79.3 Å². The number of hydrogen-bond donors (Lipinski definition) is 1. The van der Waals surface area contributed by atoms with E-state index in [1.54, 1.807) is 16.8 Å². The van der Waals surface area contributed by atoms with Gasteiger partial charge in [0.25, 0.3) is 5.91 Å². The average molecular weight is 362 g/mol. The molecule has 142 valence electrons. The number of likely N-dealkylation sites (N-methyl/N-ethyl adjacent to an activating group) is 1. The van der Waals surface area contributed by atoms with Gasteiger partial charge in [0.1, 0.15) is 5.75 Å². The second-order valence-electron chi connectivity index (χ2n) is 7.22. The van der Waals surface area contributed by atoms with E-state index < -0.39 is 12.1 Å². The first kappa shape index (κ1) is 18.7. The monoisotopic (exact) mass is 362 g/mol. The van der Waals surface area contributed by atoms with E-state index in [1.165, 1.54) is 5.56 Å². The molecule has 2 heterocycles. The van der Waals surface area contributed by atoms with E-state index in [0.717, 1.165) is 16.9 Å². The molecule has 3 rings (SSSR count). The number of ether oxygens (including phenoxy) is 2. The molecule has 1 N–H and O–H groups in total. The lowest BCUT2D eigenvalue weighted by atomic mass is 10.0. The van der Waals surface area contributed by atoms with E-state index >= 15 is 0 Å². The zero-order chi connectivity index (χ0) is 18.8. The number of carboxylic acid groups (broad SMARTS) is 1. The molecule has 1 aromatic carbocycles. The Morgan fingerprint density at radius 3 is 2.77 bits per heavy atom. The number of aliphatic carboxylic acids is 1. The molecule has 2 unspecified atom stereocenters. The molecule has 0 spiro atoms. The van der Waals surface area contributed by atoms with Crippen molar-refractivity contribution in [3.05, 3.63) is 28.8 Å². The smallest absolute Gasteiger partial charge is 0.317 e. The molecule has 2 aliphatic heterocycles. The van der Waals surface area contributed by atoms with Crippen molar-refractivity contribution in [2.24, 2.45) is 0 Å². The molecular weight excluding hydrogens is 336 g/mol. The summed E-state index contributed by atoms with van der Waals surface area (Å²) >= 11 is 0. The van der Waals surface area contributed by atoms with Crippen molar-refractivity contribution in [2.45, 2.75) is 32.5 Å². The number of benzene rings is 1. The zero-order valence-electron chi connectivity index (χ0n) is 15.5. The van der Waals surface area contributed by atoms with Crippen molar-refractivity contribution >= 4 is 11.9 Å². The minimum absolute atomic E-state index is 0.0225. The fourth-order valence-electron chi connectivity index (χ4n) is 3.53. The van der Waals surface area contributed by atoms with E-state index in [-0.39, 0.29) is 18.6 Å². The molecule has 1 amide bonds. The molecule has 0 aliphatic carbocycles. The standard InChI is InChI=1S/C19H26N2O5/c1-12-6-14-8-17(26-16(14)7-13(12)2)19(24)21-4-5-25-15(10-21)9-20(3)11-18(22)23/h6-7,15,17H,4-5,8-11H2,1-3H3,(H,22,23). The van der Waals surface area contributed by atoms with Gasteiger partial charge in [0.15, 0.2) is 6.10 Å². The largest absolute Gasteiger partial charge is 0.480 e. The predicted molar refractivity (Wildman–Crippen MR) is 95.5 cm³/mol. The van der Waals surface area contributed by atoms with Crippen LogP contribution in [-0.4, -0.2) is 78.8 Å². The first-order valence-corrected chi connectivity index (χ1v) is 8.91. The van der Waals surface area contributed by atoms with Crippen LogP contribution < -0.4 is 4.74 Å². The van der Waals surface area contributed by atoms with Crippen LogP contribution in [0.5, 0.6) is 5.75 Å². The van der Waals surface area contributed by atoms with Crippen LogP contribution in [0, 0.1) is 13.8 Å². The molecular formula is C19H26N2O5. The highest BCUT2D eigenvalue weighted by molar-refractivity contribution is 5.83. The molecule has 0 aromatic heterocycles. The molecule has 7 nitrogen and oxygen atoms in total. The molecule has 0 radical (unpaired) electrons. The summed E-state index contributed by atoms with van der Waals surface area (Å²) in [4.78, 5) is 27.1. The summed E-state index contributed by atoms with van der Waals surface area (Å²) < 4.78 is 11.6. The predicted octanol–water partition coefficient (Wildman–Crippen LogP) is 0.851. The molecule has 1 fully saturated rings. The van der Waals surface area contributed by atoms with Gasteiger partial charge in [-0.25, -0.2) is 0 Å². The van der Waals surface area contributed by atoms with Crippen LogP contribution >= 0.6 is 0 Å². The quantitative estimate of drug-likeness (QED) is 0.837. The number of carbonyl (C=O) groups is 2. The minimum atomic E-state index is -0.876. The molecule has 1 saturated heterocycles. The van der Waals surface area contributed by atoms with Crippen molar-refractivity contribution in [3.8, 4) is 5.75 Å². The zero-order valence-corrected chi connectivity index (χ0v) is 15.5. The van der Waals surface area contributed by atoms with Gasteiger partial charge in [-0.2, -0.15) is 0 Å². The van der Waals surface area contributed by atoms with Gasteiger partial charge in [0.2, 0.25) is 0 Å². The number of carboxylic acids is 1. The molecule has 2 atom stereocenters. The van der Waals surface area contributed by atoms with Gasteiger partial charge in [-0.1, -0.05) is 6.07 Å².